The van der Waals surface area contributed by atoms with Crippen LogP contribution in [-0.2, 0) is 12.7 Å². The molecule has 0 saturated heterocycles. The van der Waals surface area contributed by atoms with E-state index in [1.54, 1.807) is 18.2 Å². The van der Waals surface area contributed by atoms with E-state index in [1.165, 1.54) is 0 Å². The number of benzene rings is 1. The number of carbonyl (C=O) groups excluding carboxylic acids is 1. The molecule has 0 atom stereocenters. The van der Waals surface area contributed by atoms with Gasteiger partial charge in [-0.2, -0.15) is 18.3 Å². The smallest absolute Gasteiger partial charge is 0.292 e. The zero-order valence-corrected chi connectivity index (χ0v) is 10.1. The summed E-state index contributed by atoms with van der Waals surface area (Å²) >= 11 is 0. The van der Waals surface area contributed by atoms with Crippen molar-refractivity contribution < 1.29 is 18.0 Å². The fourth-order valence-electron chi connectivity index (χ4n) is 1.65. The van der Waals surface area contributed by atoms with Crippen molar-refractivity contribution in [3.05, 3.63) is 53.3 Å². The maximum Gasteiger partial charge on any atom is 0.419 e. The van der Waals surface area contributed by atoms with Crippen LogP contribution in [0.1, 0.15) is 21.5 Å². The highest BCUT2D eigenvalue weighted by atomic mass is 19.4. The van der Waals surface area contributed by atoms with E-state index in [9.17, 15) is 18.0 Å². The third-order valence-electron chi connectivity index (χ3n) is 2.61. The number of hydrogen-bond acceptors (Lipinski definition) is 2. The van der Waals surface area contributed by atoms with Crippen LogP contribution in [0.5, 0.6) is 0 Å². The number of aromatic nitrogens is 2. The van der Waals surface area contributed by atoms with Gasteiger partial charge in [0.1, 0.15) is 6.54 Å². The Bertz CT molecular complexity index is 602. The largest absolute Gasteiger partial charge is 0.419 e. The summed E-state index contributed by atoms with van der Waals surface area (Å²) in [4.78, 5) is 11.9. The Morgan fingerprint density at radius 3 is 2.68 bits per heavy atom. The summed E-state index contributed by atoms with van der Waals surface area (Å²) in [6.07, 6.45) is -2.90. The Balaban J connectivity index is 2.13. The van der Waals surface area contributed by atoms with Gasteiger partial charge in [0.05, 0.1) is 11.8 Å². The number of carbonyl (C=O) groups is 1. The van der Waals surface area contributed by atoms with Crippen LogP contribution in [-0.4, -0.2) is 15.6 Å². The first-order chi connectivity index (χ1) is 8.86. The third kappa shape index (κ3) is 3.21. The highest BCUT2D eigenvalue weighted by Crippen LogP contribution is 2.28. The molecule has 0 saturated carbocycles. The second kappa shape index (κ2) is 4.87. The van der Waals surface area contributed by atoms with E-state index in [2.05, 4.69) is 5.10 Å². The Hall–Kier alpha value is -2.11. The zero-order valence-electron chi connectivity index (χ0n) is 10.1. The number of hydrogen-bond donors (Lipinski definition) is 0. The molecule has 0 aliphatic carbocycles. The SMILES string of the molecule is Cc1cccc(C(=O)Cn2cc(C(F)(F)F)cn2)c1. The minimum Gasteiger partial charge on any atom is -0.292 e. The zero-order chi connectivity index (χ0) is 14.0. The lowest BCUT2D eigenvalue weighted by atomic mass is 10.1. The number of aryl methyl sites for hydroxylation is 1. The first-order valence-electron chi connectivity index (χ1n) is 5.56. The highest BCUT2D eigenvalue weighted by molar-refractivity contribution is 5.95. The molecule has 0 aliphatic heterocycles. The predicted octanol–water partition coefficient (Wildman–Crippen LogP) is 3.09. The molecule has 0 aliphatic rings. The third-order valence-corrected chi connectivity index (χ3v) is 2.61. The molecule has 2 rings (SSSR count). The van der Waals surface area contributed by atoms with Gasteiger partial charge in [-0.25, -0.2) is 0 Å². The fraction of sp³-hybridized carbons (Fsp3) is 0.231. The molecule has 0 N–H and O–H groups in total. The molecule has 1 heterocycles. The van der Waals surface area contributed by atoms with E-state index in [-0.39, 0.29) is 12.3 Å². The molecular formula is C13H11F3N2O. The maximum absolute atomic E-state index is 12.4. The van der Waals surface area contributed by atoms with Crippen molar-refractivity contribution in [1.29, 1.82) is 0 Å². The summed E-state index contributed by atoms with van der Waals surface area (Å²) in [6, 6.07) is 6.89. The van der Waals surface area contributed by atoms with Crippen LogP contribution in [0.2, 0.25) is 0 Å². The standard InChI is InChI=1S/C13H11F3N2O/c1-9-3-2-4-10(5-9)12(19)8-18-7-11(6-17-18)13(14,15)16/h2-7H,8H2,1H3. The normalized spacial score (nSPS) is 11.6. The Kier molecular flexibility index (Phi) is 3.42. The molecule has 3 nitrogen and oxygen atoms in total. The number of rotatable bonds is 3. The lowest BCUT2D eigenvalue weighted by Gasteiger charge is -2.03. The Morgan fingerprint density at radius 2 is 2.11 bits per heavy atom. The van der Waals surface area contributed by atoms with E-state index >= 15 is 0 Å². The summed E-state index contributed by atoms with van der Waals surface area (Å²) in [7, 11) is 0. The van der Waals surface area contributed by atoms with Crippen LogP contribution in [0.3, 0.4) is 0 Å². The maximum atomic E-state index is 12.4. The van der Waals surface area contributed by atoms with Crippen LogP contribution in [0.25, 0.3) is 0 Å². The van der Waals surface area contributed by atoms with Crippen molar-refractivity contribution in [3.63, 3.8) is 0 Å². The molecular weight excluding hydrogens is 257 g/mol. The van der Waals surface area contributed by atoms with Gasteiger partial charge in [-0.1, -0.05) is 23.8 Å². The van der Waals surface area contributed by atoms with Crippen molar-refractivity contribution in [2.75, 3.05) is 0 Å². The summed E-state index contributed by atoms with van der Waals surface area (Å²) in [5.41, 5.74) is 0.524. The molecule has 0 fully saturated rings. The van der Waals surface area contributed by atoms with Gasteiger partial charge in [-0.3, -0.25) is 9.48 Å². The van der Waals surface area contributed by atoms with Crippen LogP contribution in [0, 0.1) is 6.92 Å². The Morgan fingerprint density at radius 1 is 1.37 bits per heavy atom. The molecule has 19 heavy (non-hydrogen) atoms. The molecule has 0 amide bonds. The monoisotopic (exact) mass is 268 g/mol. The molecule has 0 spiro atoms. The number of nitrogens with zero attached hydrogens (tertiary/aromatic N) is 2. The van der Waals surface area contributed by atoms with Gasteiger partial charge in [-0.05, 0) is 13.0 Å². The highest BCUT2D eigenvalue weighted by Gasteiger charge is 2.32. The van der Waals surface area contributed by atoms with Crippen molar-refractivity contribution >= 4 is 5.78 Å². The number of alkyl halides is 3. The van der Waals surface area contributed by atoms with Gasteiger partial charge in [0.2, 0.25) is 0 Å². The molecule has 100 valence electrons. The van der Waals surface area contributed by atoms with Crippen molar-refractivity contribution in [2.45, 2.75) is 19.6 Å². The first-order valence-corrected chi connectivity index (χ1v) is 5.56. The molecule has 1 aromatic carbocycles. The molecule has 0 radical (unpaired) electrons. The lowest BCUT2D eigenvalue weighted by Crippen LogP contribution is -2.11. The number of halogens is 3. The minimum absolute atomic E-state index is 0.209. The Labute approximate surface area is 107 Å². The average Bonchev–Trinajstić information content (AvgIpc) is 2.77. The summed E-state index contributed by atoms with van der Waals surface area (Å²) in [6.45, 7) is 1.63. The van der Waals surface area contributed by atoms with Crippen molar-refractivity contribution in [1.82, 2.24) is 9.78 Å². The minimum atomic E-state index is -4.44. The second-order valence-electron chi connectivity index (χ2n) is 4.22. The summed E-state index contributed by atoms with van der Waals surface area (Å²) in [5.74, 6) is -0.277. The van der Waals surface area contributed by atoms with Gasteiger partial charge in [0.15, 0.2) is 5.78 Å². The summed E-state index contributed by atoms with van der Waals surface area (Å²) in [5, 5.41) is 3.55. The quantitative estimate of drug-likeness (QED) is 0.802. The van der Waals surface area contributed by atoms with E-state index in [4.69, 9.17) is 0 Å². The van der Waals surface area contributed by atoms with E-state index in [0.29, 0.717) is 11.8 Å². The van der Waals surface area contributed by atoms with Crippen LogP contribution >= 0.6 is 0 Å². The molecule has 1 aromatic heterocycles. The van der Waals surface area contributed by atoms with Crippen LogP contribution in [0.15, 0.2) is 36.7 Å². The van der Waals surface area contributed by atoms with Gasteiger partial charge in [0.25, 0.3) is 0 Å². The molecule has 0 bridgehead atoms. The van der Waals surface area contributed by atoms with Crippen LogP contribution in [0.4, 0.5) is 13.2 Å². The summed E-state index contributed by atoms with van der Waals surface area (Å²) < 4.78 is 38.1. The van der Waals surface area contributed by atoms with Gasteiger partial charge in [-0.15, -0.1) is 0 Å². The van der Waals surface area contributed by atoms with Gasteiger partial charge >= 0.3 is 6.18 Å². The lowest BCUT2D eigenvalue weighted by molar-refractivity contribution is -0.137. The number of Topliss-reactive ketones (excluding diaryl/α,β-unsaturated/α-hetero) is 1. The topological polar surface area (TPSA) is 34.9 Å². The van der Waals surface area contributed by atoms with E-state index in [0.717, 1.165) is 16.4 Å². The average molecular weight is 268 g/mol. The second-order valence-corrected chi connectivity index (χ2v) is 4.22. The van der Waals surface area contributed by atoms with Gasteiger partial charge < -0.3 is 0 Å². The van der Waals surface area contributed by atoms with E-state index in [1.807, 2.05) is 13.0 Å². The van der Waals surface area contributed by atoms with Crippen molar-refractivity contribution in [3.8, 4) is 0 Å². The fourth-order valence-corrected chi connectivity index (χ4v) is 1.65. The van der Waals surface area contributed by atoms with Crippen LogP contribution < -0.4 is 0 Å². The first kappa shape index (κ1) is 13.3. The van der Waals surface area contributed by atoms with E-state index < -0.39 is 11.7 Å². The number of ketones is 1. The molecule has 0 unspecified atom stereocenters. The predicted molar refractivity (Wildman–Crippen MR) is 62.7 cm³/mol. The van der Waals surface area contributed by atoms with Gasteiger partial charge in [0, 0.05) is 11.8 Å². The molecule has 2 aromatic rings. The molecule has 6 heteroatoms. The van der Waals surface area contributed by atoms with Crippen molar-refractivity contribution in [2.24, 2.45) is 0 Å².